The SMILES string of the molecule is CCOC(=O)c1c(C)nn(CCC(=O)N[C@H]2CCCN(C(=O)Cc3cccs3)C2)c1S(C)=O. The van der Waals surface area contributed by atoms with Crippen molar-refractivity contribution < 1.29 is 23.3 Å². The number of likely N-dealkylation sites (tertiary alicyclic amines) is 1. The molecule has 3 rings (SSSR count). The number of aryl methyl sites for hydroxylation is 2. The molecule has 33 heavy (non-hydrogen) atoms. The highest BCUT2D eigenvalue weighted by Crippen LogP contribution is 2.20. The molecule has 0 aliphatic carbocycles. The van der Waals surface area contributed by atoms with Gasteiger partial charge < -0.3 is 15.0 Å². The molecule has 2 aromatic heterocycles. The Balaban J connectivity index is 1.57. The first-order chi connectivity index (χ1) is 15.8. The summed E-state index contributed by atoms with van der Waals surface area (Å²) in [7, 11) is -1.48. The van der Waals surface area contributed by atoms with E-state index in [2.05, 4.69) is 10.4 Å². The number of piperidine rings is 1. The fourth-order valence-corrected chi connectivity index (χ4v) is 5.59. The maximum absolute atomic E-state index is 12.6. The number of thiophene rings is 1. The van der Waals surface area contributed by atoms with Crippen LogP contribution in [0.3, 0.4) is 0 Å². The molecule has 2 aromatic rings. The molecular formula is C22H30N4O5S2. The van der Waals surface area contributed by atoms with Crippen LogP contribution in [0.4, 0.5) is 0 Å². The molecule has 0 bridgehead atoms. The Morgan fingerprint density at radius 3 is 2.82 bits per heavy atom. The number of ether oxygens (including phenoxy) is 1. The zero-order valence-corrected chi connectivity index (χ0v) is 20.8. The number of amides is 2. The number of hydrogen-bond donors (Lipinski definition) is 1. The molecule has 9 nitrogen and oxygen atoms in total. The maximum Gasteiger partial charge on any atom is 0.342 e. The number of hydrogen-bond acceptors (Lipinski definition) is 7. The van der Waals surface area contributed by atoms with Gasteiger partial charge in [0.05, 0.1) is 36.1 Å². The van der Waals surface area contributed by atoms with E-state index in [-0.39, 0.29) is 48.0 Å². The summed E-state index contributed by atoms with van der Waals surface area (Å²) in [6.07, 6.45) is 3.62. The quantitative estimate of drug-likeness (QED) is 0.533. The third-order valence-corrected chi connectivity index (χ3v) is 7.26. The lowest BCUT2D eigenvalue weighted by Crippen LogP contribution is -2.50. The van der Waals surface area contributed by atoms with Gasteiger partial charge in [0.15, 0.2) is 0 Å². The smallest absolute Gasteiger partial charge is 0.342 e. The highest BCUT2D eigenvalue weighted by molar-refractivity contribution is 7.84. The van der Waals surface area contributed by atoms with E-state index in [9.17, 15) is 18.6 Å². The summed E-state index contributed by atoms with van der Waals surface area (Å²) in [4.78, 5) is 40.3. The Labute approximate surface area is 199 Å². The molecule has 1 N–H and O–H groups in total. The van der Waals surface area contributed by atoms with E-state index >= 15 is 0 Å². The zero-order valence-electron chi connectivity index (χ0n) is 19.2. The van der Waals surface area contributed by atoms with Gasteiger partial charge in [0.1, 0.15) is 10.6 Å². The van der Waals surface area contributed by atoms with Gasteiger partial charge in [-0.2, -0.15) is 5.10 Å². The molecule has 1 fully saturated rings. The second kappa shape index (κ2) is 11.6. The van der Waals surface area contributed by atoms with Gasteiger partial charge in [0, 0.05) is 36.7 Å². The second-order valence-electron chi connectivity index (χ2n) is 7.92. The van der Waals surface area contributed by atoms with Crippen LogP contribution >= 0.6 is 11.3 Å². The maximum atomic E-state index is 12.6. The highest BCUT2D eigenvalue weighted by Gasteiger charge is 2.27. The van der Waals surface area contributed by atoms with Crippen molar-refractivity contribution in [3.05, 3.63) is 33.6 Å². The predicted molar refractivity (Wildman–Crippen MR) is 126 cm³/mol. The van der Waals surface area contributed by atoms with E-state index in [0.717, 1.165) is 17.7 Å². The van der Waals surface area contributed by atoms with Crippen molar-refractivity contribution in [2.75, 3.05) is 26.0 Å². The van der Waals surface area contributed by atoms with Gasteiger partial charge in [-0.05, 0) is 38.1 Å². The lowest BCUT2D eigenvalue weighted by atomic mass is 10.0. The summed E-state index contributed by atoms with van der Waals surface area (Å²) < 4.78 is 18.8. The van der Waals surface area contributed by atoms with Crippen LogP contribution in [0.5, 0.6) is 0 Å². The zero-order chi connectivity index (χ0) is 24.0. The Hall–Kier alpha value is -2.53. The minimum Gasteiger partial charge on any atom is -0.462 e. The van der Waals surface area contributed by atoms with Crippen molar-refractivity contribution in [3.63, 3.8) is 0 Å². The van der Waals surface area contributed by atoms with Crippen molar-refractivity contribution in [2.45, 2.75) is 57.1 Å². The molecule has 1 aliphatic heterocycles. The summed E-state index contributed by atoms with van der Waals surface area (Å²) in [5.74, 6) is -0.665. The van der Waals surface area contributed by atoms with Crippen molar-refractivity contribution in [2.24, 2.45) is 0 Å². The Kier molecular flexibility index (Phi) is 8.79. The molecule has 2 atom stereocenters. The van der Waals surface area contributed by atoms with Crippen LogP contribution in [0.25, 0.3) is 0 Å². The Morgan fingerprint density at radius 2 is 2.15 bits per heavy atom. The van der Waals surface area contributed by atoms with Crippen molar-refractivity contribution in [3.8, 4) is 0 Å². The third kappa shape index (κ3) is 6.50. The van der Waals surface area contributed by atoms with Crippen LogP contribution < -0.4 is 5.32 Å². The first kappa shape index (κ1) is 25.1. The van der Waals surface area contributed by atoms with E-state index in [0.29, 0.717) is 25.2 Å². The molecule has 3 heterocycles. The molecule has 1 unspecified atom stereocenters. The summed E-state index contributed by atoms with van der Waals surface area (Å²) >= 11 is 1.57. The number of rotatable bonds is 9. The number of nitrogens with zero attached hydrogens (tertiary/aromatic N) is 3. The molecule has 0 aromatic carbocycles. The molecule has 11 heteroatoms. The minimum atomic E-state index is -1.48. The first-order valence-corrected chi connectivity index (χ1v) is 13.4. The topological polar surface area (TPSA) is 111 Å². The third-order valence-electron chi connectivity index (χ3n) is 5.43. The average molecular weight is 495 g/mol. The van der Waals surface area contributed by atoms with Gasteiger partial charge >= 0.3 is 5.97 Å². The van der Waals surface area contributed by atoms with E-state index in [1.54, 1.807) is 25.2 Å². The number of carbonyl (C=O) groups excluding carboxylic acids is 3. The first-order valence-electron chi connectivity index (χ1n) is 11.0. The molecule has 0 spiro atoms. The average Bonchev–Trinajstić information content (AvgIpc) is 3.39. The van der Waals surface area contributed by atoms with Crippen LogP contribution in [-0.2, 0) is 38.1 Å². The molecule has 1 saturated heterocycles. The molecule has 0 radical (unpaired) electrons. The van der Waals surface area contributed by atoms with Crippen molar-refractivity contribution in [1.29, 1.82) is 0 Å². The molecule has 2 amide bonds. The highest BCUT2D eigenvalue weighted by atomic mass is 32.2. The van der Waals surface area contributed by atoms with Gasteiger partial charge in [-0.15, -0.1) is 11.3 Å². The van der Waals surface area contributed by atoms with E-state index < -0.39 is 16.8 Å². The van der Waals surface area contributed by atoms with E-state index in [1.165, 1.54) is 10.9 Å². The van der Waals surface area contributed by atoms with Crippen LogP contribution in [0.1, 0.15) is 47.1 Å². The standard InChI is InChI=1S/C22H30N4O5S2/c1-4-31-22(29)20-15(2)24-26(21(20)33(3)30)11-9-18(27)23-16-7-5-10-25(14-16)19(28)13-17-8-6-12-32-17/h6,8,12,16H,4-5,7,9-11,13-14H2,1-3H3,(H,23,27)/t16-,33?/m0/s1. The van der Waals surface area contributed by atoms with Crippen LogP contribution in [0.2, 0.25) is 0 Å². The number of aromatic nitrogens is 2. The number of esters is 1. The lowest BCUT2D eigenvalue weighted by Gasteiger charge is -2.33. The van der Waals surface area contributed by atoms with Gasteiger partial charge in [-0.1, -0.05) is 6.07 Å². The summed E-state index contributed by atoms with van der Waals surface area (Å²) in [5, 5.41) is 9.54. The van der Waals surface area contributed by atoms with Crippen molar-refractivity contribution >= 4 is 39.9 Å². The van der Waals surface area contributed by atoms with Crippen LogP contribution in [0, 0.1) is 6.92 Å². The number of carbonyl (C=O) groups is 3. The monoisotopic (exact) mass is 494 g/mol. The minimum absolute atomic E-state index is 0.0741. The summed E-state index contributed by atoms with van der Waals surface area (Å²) in [6.45, 7) is 4.94. The molecule has 0 saturated carbocycles. The Morgan fingerprint density at radius 1 is 1.36 bits per heavy atom. The normalized spacial score (nSPS) is 16.9. The van der Waals surface area contributed by atoms with E-state index in [4.69, 9.17) is 4.74 Å². The Bertz CT molecular complexity index is 1020. The van der Waals surface area contributed by atoms with Gasteiger partial charge in [0.2, 0.25) is 11.8 Å². The molecule has 180 valence electrons. The largest absolute Gasteiger partial charge is 0.462 e. The fraction of sp³-hybridized carbons (Fsp3) is 0.545. The van der Waals surface area contributed by atoms with Crippen LogP contribution in [0.15, 0.2) is 22.5 Å². The van der Waals surface area contributed by atoms with Gasteiger partial charge in [0.25, 0.3) is 0 Å². The van der Waals surface area contributed by atoms with Crippen molar-refractivity contribution in [1.82, 2.24) is 20.0 Å². The fourth-order valence-electron chi connectivity index (χ4n) is 3.95. The summed E-state index contributed by atoms with van der Waals surface area (Å²) in [6, 6.07) is 3.78. The second-order valence-corrected chi connectivity index (χ2v) is 10.2. The molecular weight excluding hydrogens is 464 g/mol. The lowest BCUT2D eigenvalue weighted by molar-refractivity contribution is -0.133. The van der Waals surface area contributed by atoms with E-state index in [1.807, 2.05) is 22.4 Å². The number of nitrogens with one attached hydrogen (secondary N) is 1. The van der Waals surface area contributed by atoms with Crippen LogP contribution in [-0.4, -0.2) is 68.7 Å². The van der Waals surface area contributed by atoms with Gasteiger partial charge in [-0.25, -0.2) is 4.79 Å². The predicted octanol–water partition coefficient (Wildman–Crippen LogP) is 1.91. The molecule has 1 aliphatic rings. The van der Waals surface area contributed by atoms with Gasteiger partial charge in [-0.3, -0.25) is 18.5 Å². The summed E-state index contributed by atoms with van der Waals surface area (Å²) in [5.41, 5.74) is 0.622.